The molecule has 1 saturated heterocycles. The van der Waals surface area contributed by atoms with Crippen molar-refractivity contribution in [2.24, 2.45) is 5.92 Å². The number of benzene rings is 1. The number of carbonyl (C=O) groups is 1. The summed E-state index contributed by atoms with van der Waals surface area (Å²) in [5, 5.41) is 0.854. The molecule has 0 bridgehead atoms. The third-order valence-electron chi connectivity index (χ3n) is 3.59. The zero-order valence-corrected chi connectivity index (χ0v) is 13.8. The first-order chi connectivity index (χ1) is 8.52. The van der Waals surface area contributed by atoms with Gasteiger partial charge in [-0.3, -0.25) is 4.79 Å². The van der Waals surface area contributed by atoms with E-state index in [1.165, 1.54) is 0 Å². The number of hydrogen-bond acceptors (Lipinski definition) is 1. The van der Waals surface area contributed by atoms with Gasteiger partial charge in [-0.15, -0.1) is 0 Å². The van der Waals surface area contributed by atoms with Gasteiger partial charge in [0.25, 0.3) is 5.91 Å². The Morgan fingerprint density at radius 1 is 1.44 bits per heavy atom. The van der Waals surface area contributed by atoms with Gasteiger partial charge in [-0.1, -0.05) is 38.8 Å². The molecular formula is C14H17Br2NO. The highest BCUT2D eigenvalue weighted by atomic mass is 79.9. The summed E-state index contributed by atoms with van der Waals surface area (Å²) in [6, 6.07) is 6.20. The normalized spacial score (nSPS) is 23.4. The van der Waals surface area contributed by atoms with Gasteiger partial charge in [0, 0.05) is 28.0 Å². The summed E-state index contributed by atoms with van der Waals surface area (Å²) in [5.74, 6) is 0.717. The molecule has 1 fully saturated rings. The van der Waals surface area contributed by atoms with Crippen LogP contribution < -0.4 is 0 Å². The van der Waals surface area contributed by atoms with E-state index in [0.29, 0.717) is 12.0 Å². The highest BCUT2D eigenvalue weighted by molar-refractivity contribution is 9.10. The molecule has 0 aliphatic carbocycles. The Kier molecular flexibility index (Phi) is 4.49. The van der Waals surface area contributed by atoms with E-state index in [-0.39, 0.29) is 5.91 Å². The average molecular weight is 375 g/mol. The minimum Gasteiger partial charge on any atom is -0.335 e. The van der Waals surface area contributed by atoms with Gasteiger partial charge in [-0.25, -0.2) is 0 Å². The van der Waals surface area contributed by atoms with Gasteiger partial charge >= 0.3 is 0 Å². The molecule has 1 heterocycles. The number of carbonyl (C=O) groups excluding carboxylic acids is 1. The molecule has 0 radical (unpaired) electrons. The smallest absolute Gasteiger partial charge is 0.254 e. The third-order valence-corrected chi connectivity index (χ3v) is 4.71. The number of amides is 1. The Balaban J connectivity index is 2.25. The number of alkyl halides is 1. The number of hydrogen-bond donors (Lipinski definition) is 0. The molecule has 0 aromatic heterocycles. The predicted octanol–water partition coefficient (Wildman–Crippen LogP) is 4.00. The maximum absolute atomic E-state index is 12.6. The second-order valence-electron chi connectivity index (χ2n) is 5.00. The molecule has 1 amide bonds. The fourth-order valence-corrected chi connectivity index (χ4v) is 4.12. The Labute approximate surface area is 125 Å². The van der Waals surface area contributed by atoms with E-state index in [2.05, 4.69) is 38.8 Å². The molecule has 1 aromatic rings. The summed E-state index contributed by atoms with van der Waals surface area (Å²) in [5.41, 5.74) is 1.89. The minimum absolute atomic E-state index is 0.146. The number of nitrogens with zero attached hydrogens (tertiary/aromatic N) is 1. The molecule has 0 saturated carbocycles. The molecule has 0 N–H and O–H groups in total. The van der Waals surface area contributed by atoms with E-state index < -0.39 is 0 Å². The van der Waals surface area contributed by atoms with Crippen LogP contribution >= 0.6 is 31.9 Å². The van der Waals surface area contributed by atoms with Crippen LogP contribution in [-0.4, -0.2) is 28.7 Å². The van der Waals surface area contributed by atoms with E-state index in [1.807, 2.05) is 30.0 Å². The van der Waals surface area contributed by atoms with Crippen LogP contribution in [0.3, 0.4) is 0 Å². The quantitative estimate of drug-likeness (QED) is 0.716. The molecule has 0 spiro atoms. The molecule has 1 aromatic carbocycles. The van der Waals surface area contributed by atoms with Gasteiger partial charge < -0.3 is 4.90 Å². The van der Waals surface area contributed by atoms with Crippen molar-refractivity contribution in [2.45, 2.75) is 26.3 Å². The zero-order valence-electron chi connectivity index (χ0n) is 10.6. The lowest BCUT2D eigenvalue weighted by Crippen LogP contribution is -2.38. The summed E-state index contributed by atoms with van der Waals surface area (Å²) in [6.07, 6.45) is 1.09. The Morgan fingerprint density at radius 2 is 2.17 bits per heavy atom. The molecule has 2 rings (SSSR count). The summed E-state index contributed by atoms with van der Waals surface area (Å²) in [4.78, 5) is 14.6. The van der Waals surface area contributed by atoms with Gasteiger partial charge in [0.05, 0.1) is 0 Å². The number of aryl methyl sites for hydroxylation is 1. The van der Waals surface area contributed by atoms with Crippen LogP contribution in [0.1, 0.15) is 29.3 Å². The van der Waals surface area contributed by atoms with Crippen LogP contribution in [0.25, 0.3) is 0 Å². The maximum atomic E-state index is 12.6. The van der Waals surface area contributed by atoms with Crippen molar-refractivity contribution in [2.75, 3.05) is 11.9 Å². The summed E-state index contributed by atoms with van der Waals surface area (Å²) >= 11 is 6.98. The Bertz CT molecular complexity index is 441. The first-order valence-corrected chi connectivity index (χ1v) is 8.08. The van der Waals surface area contributed by atoms with Crippen molar-refractivity contribution in [3.8, 4) is 0 Å². The summed E-state index contributed by atoms with van der Waals surface area (Å²) in [7, 11) is 0. The molecule has 2 nitrogen and oxygen atoms in total. The lowest BCUT2D eigenvalue weighted by molar-refractivity contribution is 0.0738. The first-order valence-electron chi connectivity index (χ1n) is 6.17. The van der Waals surface area contributed by atoms with E-state index in [1.54, 1.807) is 0 Å². The van der Waals surface area contributed by atoms with Crippen LogP contribution in [0, 0.1) is 12.8 Å². The number of likely N-dealkylation sites (tertiary alicyclic amines) is 1. The van der Waals surface area contributed by atoms with Crippen LogP contribution in [0.5, 0.6) is 0 Å². The van der Waals surface area contributed by atoms with Crippen LogP contribution in [-0.2, 0) is 0 Å². The van der Waals surface area contributed by atoms with Crippen molar-refractivity contribution in [1.82, 2.24) is 4.90 Å². The highest BCUT2D eigenvalue weighted by Gasteiger charge is 2.33. The SMILES string of the molecule is Cc1cc(Br)cc(C(=O)N2CCC(C)C2CBr)c1. The van der Waals surface area contributed by atoms with Crippen molar-refractivity contribution < 1.29 is 4.79 Å². The van der Waals surface area contributed by atoms with Crippen LogP contribution in [0.15, 0.2) is 22.7 Å². The van der Waals surface area contributed by atoms with Crippen molar-refractivity contribution in [3.63, 3.8) is 0 Å². The Hall–Kier alpha value is -0.350. The summed E-state index contributed by atoms with van der Waals surface area (Å²) < 4.78 is 0.966. The molecule has 2 unspecified atom stereocenters. The van der Waals surface area contributed by atoms with Crippen LogP contribution in [0.4, 0.5) is 0 Å². The molecule has 2 atom stereocenters. The van der Waals surface area contributed by atoms with Crippen molar-refractivity contribution >= 4 is 37.8 Å². The molecule has 98 valence electrons. The maximum Gasteiger partial charge on any atom is 0.254 e. The second-order valence-corrected chi connectivity index (χ2v) is 6.57. The van der Waals surface area contributed by atoms with Gasteiger partial charge in [0.1, 0.15) is 0 Å². The lowest BCUT2D eigenvalue weighted by Gasteiger charge is -2.25. The van der Waals surface area contributed by atoms with Gasteiger partial charge in [-0.05, 0) is 43.0 Å². The fraction of sp³-hybridized carbons (Fsp3) is 0.500. The molecule has 18 heavy (non-hydrogen) atoms. The number of halogens is 2. The second kappa shape index (κ2) is 5.74. The monoisotopic (exact) mass is 373 g/mol. The van der Waals surface area contributed by atoms with Crippen molar-refractivity contribution in [1.29, 1.82) is 0 Å². The third kappa shape index (κ3) is 2.80. The molecular weight excluding hydrogens is 358 g/mol. The van der Waals surface area contributed by atoms with E-state index >= 15 is 0 Å². The van der Waals surface area contributed by atoms with Crippen molar-refractivity contribution in [3.05, 3.63) is 33.8 Å². The standard InChI is InChI=1S/C14H17Br2NO/c1-9-5-11(7-12(16)6-9)14(18)17-4-3-10(2)13(17)8-15/h5-7,10,13H,3-4,8H2,1-2H3. The Morgan fingerprint density at radius 3 is 2.78 bits per heavy atom. The zero-order chi connectivity index (χ0) is 13.3. The van der Waals surface area contributed by atoms with Crippen LogP contribution in [0.2, 0.25) is 0 Å². The van der Waals surface area contributed by atoms with Gasteiger partial charge in [0.15, 0.2) is 0 Å². The largest absolute Gasteiger partial charge is 0.335 e. The summed E-state index contributed by atoms with van der Waals surface area (Å²) in [6.45, 7) is 5.09. The average Bonchev–Trinajstić information content (AvgIpc) is 2.68. The van der Waals surface area contributed by atoms with Gasteiger partial charge in [0.2, 0.25) is 0 Å². The predicted molar refractivity (Wildman–Crippen MR) is 81.3 cm³/mol. The first kappa shape index (κ1) is 14.1. The minimum atomic E-state index is 0.146. The van der Waals surface area contributed by atoms with E-state index in [9.17, 15) is 4.79 Å². The lowest BCUT2D eigenvalue weighted by atomic mass is 10.0. The number of rotatable bonds is 2. The molecule has 1 aliphatic rings. The fourth-order valence-electron chi connectivity index (χ4n) is 2.52. The van der Waals surface area contributed by atoms with E-state index in [4.69, 9.17) is 0 Å². The van der Waals surface area contributed by atoms with Gasteiger partial charge in [-0.2, -0.15) is 0 Å². The molecule has 1 aliphatic heterocycles. The van der Waals surface area contributed by atoms with E-state index in [0.717, 1.165) is 33.9 Å². The molecule has 4 heteroatoms. The highest BCUT2D eigenvalue weighted by Crippen LogP contribution is 2.27. The topological polar surface area (TPSA) is 20.3 Å².